The fourth-order valence-corrected chi connectivity index (χ4v) is 3.04. The van der Waals surface area contributed by atoms with Gasteiger partial charge in [-0.05, 0) is 17.7 Å². The molecule has 6 nitrogen and oxygen atoms in total. The first kappa shape index (κ1) is 20.0. The molecule has 0 spiro atoms. The molecule has 1 fully saturated rings. The number of nitrogens with zero attached hydrogens (tertiary/aromatic N) is 2. The molecule has 9 heteroatoms. The van der Waals surface area contributed by atoms with Gasteiger partial charge in [0.15, 0.2) is 0 Å². The number of carboxylic acids is 1. The lowest BCUT2D eigenvalue weighted by Crippen LogP contribution is -2.38. The second-order valence-corrected chi connectivity index (χ2v) is 6.39. The van der Waals surface area contributed by atoms with E-state index in [-0.39, 0.29) is 25.5 Å². The SMILES string of the molecule is COc1cccc(CN(C)C(=O)CN2C[C@@H](C(F)(F)F)[C@H](C(=O)O)C2)c1. The van der Waals surface area contributed by atoms with E-state index in [1.165, 1.54) is 16.9 Å². The fraction of sp³-hybridized carbons (Fsp3) is 0.529. The Balaban J connectivity index is 1.97. The fourth-order valence-electron chi connectivity index (χ4n) is 3.04. The lowest BCUT2D eigenvalue weighted by molar-refractivity contribution is -0.188. The molecule has 1 aromatic rings. The number of likely N-dealkylation sites (tertiary alicyclic amines) is 1. The predicted octanol–water partition coefficient (Wildman–Crippen LogP) is 1.85. The van der Waals surface area contributed by atoms with E-state index >= 15 is 0 Å². The Morgan fingerprint density at radius 2 is 2.04 bits per heavy atom. The highest BCUT2D eigenvalue weighted by Gasteiger charge is 2.52. The van der Waals surface area contributed by atoms with Crippen molar-refractivity contribution in [2.75, 3.05) is 33.8 Å². The van der Waals surface area contributed by atoms with Crippen molar-refractivity contribution in [2.45, 2.75) is 12.7 Å². The lowest BCUT2D eigenvalue weighted by Gasteiger charge is -2.22. The van der Waals surface area contributed by atoms with Crippen LogP contribution in [0.3, 0.4) is 0 Å². The zero-order valence-electron chi connectivity index (χ0n) is 14.5. The number of likely N-dealkylation sites (N-methyl/N-ethyl adjacent to an activating group) is 1. The normalized spacial score (nSPS) is 20.8. The Bertz CT molecular complexity index is 666. The van der Waals surface area contributed by atoms with Gasteiger partial charge in [0, 0.05) is 26.7 Å². The molecule has 26 heavy (non-hydrogen) atoms. The zero-order valence-corrected chi connectivity index (χ0v) is 14.5. The maximum absolute atomic E-state index is 13.0. The van der Waals surface area contributed by atoms with Gasteiger partial charge in [-0.2, -0.15) is 13.2 Å². The molecule has 1 heterocycles. The van der Waals surface area contributed by atoms with Gasteiger partial charge in [0.1, 0.15) is 5.75 Å². The first-order valence-corrected chi connectivity index (χ1v) is 8.00. The quantitative estimate of drug-likeness (QED) is 0.823. The number of carbonyl (C=O) groups excluding carboxylic acids is 1. The summed E-state index contributed by atoms with van der Waals surface area (Å²) in [6.07, 6.45) is -4.60. The molecule has 0 bridgehead atoms. The second-order valence-electron chi connectivity index (χ2n) is 6.39. The van der Waals surface area contributed by atoms with Crippen LogP contribution in [0.5, 0.6) is 5.75 Å². The number of hydrogen-bond donors (Lipinski definition) is 1. The van der Waals surface area contributed by atoms with Crippen LogP contribution in [0.2, 0.25) is 0 Å². The maximum atomic E-state index is 13.0. The number of hydrogen-bond acceptors (Lipinski definition) is 4. The number of alkyl halides is 3. The van der Waals surface area contributed by atoms with Crippen LogP contribution in [0.15, 0.2) is 24.3 Å². The van der Waals surface area contributed by atoms with Crippen LogP contribution in [-0.2, 0) is 16.1 Å². The van der Waals surface area contributed by atoms with Gasteiger partial charge in [-0.1, -0.05) is 12.1 Å². The number of benzene rings is 1. The summed E-state index contributed by atoms with van der Waals surface area (Å²) in [4.78, 5) is 26.1. The molecule has 1 N–H and O–H groups in total. The van der Waals surface area contributed by atoms with E-state index in [4.69, 9.17) is 9.84 Å². The first-order chi connectivity index (χ1) is 12.1. The Hall–Kier alpha value is -2.29. The molecule has 1 saturated heterocycles. The monoisotopic (exact) mass is 374 g/mol. The molecule has 0 unspecified atom stereocenters. The van der Waals surface area contributed by atoms with Crippen molar-refractivity contribution in [1.82, 2.24) is 9.80 Å². The summed E-state index contributed by atoms with van der Waals surface area (Å²) in [6.45, 7) is -0.761. The number of halogens is 3. The number of carbonyl (C=O) groups is 2. The number of aliphatic carboxylic acids is 1. The molecule has 2 rings (SSSR count). The zero-order chi connectivity index (χ0) is 19.5. The minimum atomic E-state index is -4.60. The molecule has 1 amide bonds. The van der Waals surface area contributed by atoms with Crippen LogP contribution < -0.4 is 4.74 Å². The Kier molecular flexibility index (Phi) is 6.12. The molecule has 0 radical (unpaired) electrons. The average molecular weight is 374 g/mol. The highest BCUT2D eigenvalue weighted by molar-refractivity contribution is 5.78. The number of carboxylic acid groups (broad SMARTS) is 1. The summed E-state index contributed by atoms with van der Waals surface area (Å²) >= 11 is 0. The van der Waals surface area contributed by atoms with Crippen molar-refractivity contribution in [3.05, 3.63) is 29.8 Å². The number of methoxy groups -OCH3 is 1. The third-order valence-electron chi connectivity index (χ3n) is 4.47. The van der Waals surface area contributed by atoms with Gasteiger partial charge in [-0.15, -0.1) is 0 Å². The molecule has 144 valence electrons. The number of amides is 1. The lowest BCUT2D eigenvalue weighted by atomic mass is 9.96. The molecule has 0 saturated carbocycles. The smallest absolute Gasteiger partial charge is 0.393 e. The predicted molar refractivity (Wildman–Crippen MR) is 86.6 cm³/mol. The molecule has 1 aromatic carbocycles. The van der Waals surface area contributed by atoms with Gasteiger partial charge in [0.25, 0.3) is 0 Å². The van der Waals surface area contributed by atoms with E-state index in [1.807, 2.05) is 6.07 Å². The van der Waals surface area contributed by atoms with Crippen LogP contribution >= 0.6 is 0 Å². The molecule has 0 aromatic heterocycles. The van der Waals surface area contributed by atoms with E-state index in [0.29, 0.717) is 5.75 Å². The summed E-state index contributed by atoms with van der Waals surface area (Å²) in [5.74, 6) is -4.74. The first-order valence-electron chi connectivity index (χ1n) is 8.00. The van der Waals surface area contributed by atoms with Gasteiger partial charge < -0.3 is 14.7 Å². The minimum absolute atomic E-state index is 0.253. The topological polar surface area (TPSA) is 70.1 Å². The van der Waals surface area contributed by atoms with E-state index in [0.717, 1.165) is 5.56 Å². The van der Waals surface area contributed by atoms with Crippen molar-refractivity contribution < 1.29 is 32.6 Å². The van der Waals surface area contributed by atoms with Gasteiger partial charge in [-0.25, -0.2) is 0 Å². The summed E-state index contributed by atoms with van der Waals surface area (Å²) in [6, 6.07) is 7.11. The van der Waals surface area contributed by atoms with Crippen LogP contribution in [0.1, 0.15) is 5.56 Å². The van der Waals surface area contributed by atoms with E-state index in [9.17, 15) is 22.8 Å². The second kappa shape index (κ2) is 7.94. The van der Waals surface area contributed by atoms with Gasteiger partial charge in [0.2, 0.25) is 5.91 Å². The molecule has 1 aliphatic rings. The van der Waals surface area contributed by atoms with Crippen LogP contribution in [-0.4, -0.2) is 66.8 Å². The molecule has 2 atom stereocenters. The van der Waals surface area contributed by atoms with Gasteiger partial charge in [-0.3, -0.25) is 14.5 Å². The molecule has 0 aliphatic carbocycles. The highest BCUT2D eigenvalue weighted by Crippen LogP contribution is 2.37. The largest absolute Gasteiger partial charge is 0.497 e. The van der Waals surface area contributed by atoms with Crippen molar-refractivity contribution in [3.63, 3.8) is 0 Å². The van der Waals surface area contributed by atoms with Crippen LogP contribution in [0.4, 0.5) is 13.2 Å². The number of ether oxygens (including phenoxy) is 1. The van der Waals surface area contributed by atoms with E-state index in [2.05, 4.69) is 0 Å². The third-order valence-corrected chi connectivity index (χ3v) is 4.47. The van der Waals surface area contributed by atoms with Crippen LogP contribution in [0, 0.1) is 11.8 Å². The van der Waals surface area contributed by atoms with Crippen LogP contribution in [0.25, 0.3) is 0 Å². The van der Waals surface area contributed by atoms with Crippen molar-refractivity contribution in [2.24, 2.45) is 11.8 Å². The van der Waals surface area contributed by atoms with Gasteiger partial charge in [0.05, 0.1) is 25.5 Å². The third kappa shape index (κ3) is 4.87. The highest BCUT2D eigenvalue weighted by atomic mass is 19.4. The molecular weight excluding hydrogens is 353 g/mol. The number of rotatable bonds is 6. The van der Waals surface area contributed by atoms with E-state index in [1.54, 1.807) is 25.2 Å². The summed E-state index contributed by atoms with van der Waals surface area (Å²) in [7, 11) is 3.07. The van der Waals surface area contributed by atoms with Crippen molar-refractivity contribution in [1.29, 1.82) is 0 Å². The standard InChI is InChI=1S/C17H21F3N2O4/c1-21(7-11-4-3-5-12(6-11)26-2)15(23)10-22-8-13(16(24)25)14(9-22)17(18,19)20/h3-6,13-14H,7-10H2,1-2H3,(H,24,25)/t13-,14-/m1/s1. The van der Waals surface area contributed by atoms with Gasteiger partial charge >= 0.3 is 12.1 Å². The Morgan fingerprint density at radius 1 is 1.35 bits per heavy atom. The Labute approximate surface area is 149 Å². The molecular formula is C17H21F3N2O4. The minimum Gasteiger partial charge on any atom is -0.497 e. The van der Waals surface area contributed by atoms with Crippen molar-refractivity contribution in [3.8, 4) is 5.75 Å². The average Bonchev–Trinajstić information content (AvgIpc) is 2.99. The Morgan fingerprint density at radius 3 is 2.58 bits per heavy atom. The summed E-state index contributed by atoms with van der Waals surface area (Å²) in [5.41, 5.74) is 0.818. The van der Waals surface area contributed by atoms with Crippen molar-refractivity contribution >= 4 is 11.9 Å². The summed E-state index contributed by atoms with van der Waals surface area (Å²) < 4.78 is 44.1. The maximum Gasteiger partial charge on any atom is 0.393 e. The van der Waals surface area contributed by atoms with E-state index < -0.39 is 30.5 Å². The summed E-state index contributed by atoms with van der Waals surface area (Å²) in [5, 5.41) is 9.02. The molecule has 1 aliphatic heterocycles.